The molecule has 0 bridgehead atoms. The van der Waals surface area contributed by atoms with Crippen LogP contribution in [-0.2, 0) is 10.5 Å². The van der Waals surface area contributed by atoms with E-state index >= 15 is 0 Å². The molecule has 0 saturated carbocycles. The first-order chi connectivity index (χ1) is 14.1. The number of hydrogen-bond acceptors (Lipinski definition) is 5. The molecule has 1 heterocycles. The van der Waals surface area contributed by atoms with Gasteiger partial charge in [0.1, 0.15) is 11.5 Å². The number of aliphatic hydroxyl groups is 1. The van der Waals surface area contributed by atoms with Crippen LogP contribution in [0.1, 0.15) is 5.56 Å². The Bertz CT molecular complexity index is 829. The molecule has 5 nitrogen and oxygen atoms in total. The van der Waals surface area contributed by atoms with Gasteiger partial charge in [0.15, 0.2) is 0 Å². The lowest BCUT2D eigenvalue weighted by atomic mass is 10.2. The highest BCUT2D eigenvalue weighted by Gasteiger charge is 2.20. The molecule has 0 unspecified atom stereocenters. The van der Waals surface area contributed by atoms with Crippen LogP contribution in [0.4, 0.5) is 0 Å². The number of amides is 1. The van der Waals surface area contributed by atoms with Crippen LogP contribution < -0.4 is 4.74 Å². The van der Waals surface area contributed by atoms with Crippen LogP contribution in [0.15, 0.2) is 42.5 Å². The zero-order valence-electron chi connectivity index (χ0n) is 16.0. The van der Waals surface area contributed by atoms with Crippen molar-refractivity contribution in [2.45, 2.75) is 5.75 Å². The lowest BCUT2D eigenvalue weighted by Gasteiger charge is -2.34. The van der Waals surface area contributed by atoms with Crippen molar-refractivity contribution in [2.75, 3.05) is 45.1 Å². The van der Waals surface area contributed by atoms with Gasteiger partial charge < -0.3 is 14.7 Å². The summed E-state index contributed by atoms with van der Waals surface area (Å²) in [6.07, 6.45) is 0. The van der Waals surface area contributed by atoms with Crippen LogP contribution in [0.5, 0.6) is 11.5 Å². The summed E-state index contributed by atoms with van der Waals surface area (Å²) < 4.78 is 5.98. The highest BCUT2D eigenvalue weighted by atomic mass is 35.5. The number of para-hydroxylation sites is 1. The van der Waals surface area contributed by atoms with Crippen LogP contribution >= 0.6 is 35.0 Å². The lowest BCUT2D eigenvalue weighted by Crippen LogP contribution is -2.49. The Hall–Kier alpha value is -1.44. The van der Waals surface area contributed by atoms with E-state index in [1.165, 1.54) is 0 Å². The molecule has 0 atom stereocenters. The molecular weight excluding hydrogens is 431 g/mol. The number of ether oxygens (including phenoxy) is 1. The quantitative estimate of drug-likeness (QED) is 0.648. The molecule has 0 spiro atoms. The lowest BCUT2D eigenvalue weighted by molar-refractivity contribution is -0.130. The first-order valence-corrected chi connectivity index (χ1v) is 11.4. The second-order valence-electron chi connectivity index (χ2n) is 6.72. The highest BCUT2D eigenvalue weighted by molar-refractivity contribution is 7.99. The Labute approximate surface area is 185 Å². The molecule has 0 aromatic heterocycles. The number of β-amino-alcohol motifs (C(OH)–C–C–N with tert-alkyl or cyclic N) is 1. The summed E-state index contributed by atoms with van der Waals surface area (Å²) in [5.41, 5.74) is 1.02. The molecule has 3 rings (SSSR count). The Morgan fingerprint density at radius 3 is 2.55 bits per heavy atom. The van der Waals surface area contributed by atoms with Crippen molar-refractivity contribution in [2.24, 2.45) is 0 Å². The van der Waals surface area contributed by atoms with Gasteiger partial charge in [-0.15, -0.1) is 11.8 Å². The van der Waals surface area contributed by atoms with Crippen LogP contribution in [-0.4, -0.2) is 65.9 Å². The zero-order valence-corrected chi connectivity index (χ0v) is 18.3. The van der Waals surface area contributed by atoms with E-state index in [0.29, 0.717) is 33.8 Å². The van der Waals surface area contributed by atoms with Gasteiger partial charge in [-0.05, 0) is 18.2 Å². The topological polar surface area (TPSA) is 53.0 Å². The van der Waals surface area contributed by atoms with Gasteiger partial charge in [0.05, 0.1) is 22.4 Å². The Morgan fingerprint density at radius 1 is 1.07 bits per heavy atom. The molecule has 2 aromatic rings. The number of piperazine rings is 1. The minimum Gasteiger partial charge on any atom is -0.457 e. The summed E-state index contributed by atoms with van der Waals surface area (Å²) in [6.45, 7) is 3.90. The molecule has 0 radical (unpaired) electrons. The number of aliphatic hydroxyl groups excluding tert-OH is 1. The van der Waals surface area contributed by atoms with Crippen molar-refractivity contribution in [3.63, 3.8) is 0 Å². The van der Waals surface area contributed by atoms with E-state index < -0.39 is 0 Å². The molecule has 1 N–H and O–H groups in total. The normalized spacial score (nSPS) is 14.8. The zero-order chi connectivity index (χ0) is 20.6. The second-order valence-corrected chi connectivity index (χ2v) is 8.52. The molecule has 1 aliphatic heterocycles. The monoisotopic (exact) mass is 454 g/mol. The number of nitrogens with zero attached hydrogens (tertiary/aromatic N) is 2. The molecule has 1 saturated heterocycles. The molecular formula is C21H24Cl2N2O3S. The largest absolute Gasteiger partial charge is 0.457 e. The summed E-state index contributed by atoms with van der Waals surface area (Å²) in [6, 6.07) is 12.9. The van der Waals surface area contributed by atoms with E-state index in [0.717, 1.165) is 37.5 Å². The van der Waals surface area contributed by atoms with Gasteiger partial charge in [-0.25, -0.2) is 0 Å². The summed E-state index contributed by atoms with van der Waals surface area (Å²) in [5, 5.41) is 9.94. The molecule has 1 aliphatic rings. The Morgan fingerprint density at radius 2 is 1.83 bits per heavy atom. The van der Waals surface area contributed by atoms with Gasteiger partial charge in [-0.1, -0.05) is 41.4 Å². The predicted molar refractivity (Wildman–Crippen MR) is 119 cm³/mol. The van der Waals surface area contributed by atoms with Gasteiger partial charge in [0.2, 0.25) is 5.91 Å². The van der Waals surface area contributed by atoms with Crippen LogP contribution in [0.25, 0.3) is 0 Å². The van der Waals surface area contributed by atoms with Gasteiger partial charge in [-0.2, -0.15) is 0 Å². The third-order valence-corrected chi connectivity index (χ3v) is 6.42. The molecule has 1 fully saturated rings. The first kappa shape index (κ1) is 22.2. The molecule has 2 aromatic carbocycles. The van der Waals surface area contributed by atoms with E-state index in [1.54, 1.807) is 30.0 Å². The van der Waals surface area contributed by atoms with Crippen molar-refractivity contribution in [3.8, 4) is 11.5 Å². The minimum atomic E-state index is 0.154. The summed E-state index contributed by atoms with van der Waals surface area (Å²) >= 11 is 13.6. The number of rotatable bonds is 8. The standard InChI is InChI=1S/C21H24Cl2N2O3S/c22-18-6-5-17(13-19(18)23)28-20-4-2-1-3-16(20)14-29-15-21(27)25-9-7-24(8-10-25)11-12-26/h1-6,13,26H,7-12,14-15H2. The average Bonchev–Trinajstić information content (AvgIpc) is 2.73. The van der Waals surface area contributed by atoms with Crippen molar-refractivity contribution in [3.05, 3.63) is 58.1 Å². The van der Waals surface area contributed by atoms with Crippen LogP contribution in [0.2, 0.25) is 10.0 Å². The van der Waals surface area contributed by atoms with E-state index in [2.05, 4.69) is 4.90 Å². The number of carbonyl (C=O) groups excluding carboxylic acids is 1. The number of hydrogen-bond donors (Lipinski definition) is 1. The molecule has 156 valence electrons. The molecule has 1 amide bonds. The third-order valence-electron chi connectivity index (χ3n) is 4.72. The maximum Gasteiger partial charge on any atom is 0.232 e. The predicted octanol–water partition coefficient (Wildman–Crippen LogP) is 4.16. The summed E-state index contributed by atoms with van der Waals surface area (Å²) in [5.74, 6) is 2.62. The smallest absolute Gasteiger partial charge is 0.232 e. The Balaban J connectivity index is 1.51. The number of carbonyl (C=O) groups is 1. The average molecular weight is 455 g/mol. The second kappa shape index (κ2) is 11.1. The van der Waals surface area contributed by atoms with Gasteiger partial charge in [0, 0.05) is 50.1 Å². The molecule has 8 heteroatoms. The summed E-state index contributed by atoms with van der Waals surface area (Å²) in [4.78, 5) is 16.6. The number of halogens is 2. The van der Waals surface area contributed by atoms with Crippen molar-refractivity contribution < 1.29 is 14.6 Å². The Kier molecular flexibility index (Phi) is 8.51. The highest BCUT2D eigenvalue weighted by Crippen LogP contribution is 2.32. The SMILES string of the molecule is O=C(CSCc1ccccc1Oc1ccc(Cl)c(Cl)c1)N1CCN(CCO)CC1. The van der Waals surface area contributed by atoms with E-state index in [-0.39, 0.29) is 12.5 Å². The van der Waals surface area contributed by atoms with E-state index in [9.17, 15) is 4.79 Å². The molecule has 0 aliphatic carbocycles. The minimum absolute atomic E-state index is 0.154. The first-order valence-electron chi connectivity index (χ1n) is 9.46. The van der Waals surface area contributed by atoms with Crippen molar-refractivity contribution in [1.82, 2.24) is 9.80 Å². The maximum atomic E-state index is 12.5. The van der Waals surface area contributed by atoms with Gasteiger partial charge in [-0.3, -0.25) is 9.69 Å². The van der Waals surface area contributed by atoms with Gasteiger partial charge in [0.25, 0.3) is 0 Å². The third kappa shape index (κ3) is 6.52. The number of benzene rings is 2. The molecule has 29 heavy (non-hydrogen) atoms. The maximum absolute atomic E-state index is 12.5. The van der Waals surface area contributed by atoms with Crippen LogP contribution in [0.3, 0.4) is 0 Å². The van der Waals surface area contributed by atoms with Crippen molar-refractivity contribution >= 4 is 40.9 Å². The fourth-order valence-electron chi connectivity index (χ4n) is 3.09. The van der Waals surface area contributed by atoms with Crippen molar-refractivity contribution in [1.29, 1.82) is 0 Å². The fourth-order valence-corrected chi connectivity index (χ4v) is 4.30. The van der Waals surface area contributed by atoms with Crippen LogP contribution in [0, 0.1) is 0 Å². The fraction of sp³-hybridized carbons (Fsp3) is 0.381. The summed E-state index contributed by atoms with van der Waals surface area (Å²) in [7, 11) is 0. The van der Waals surface area contributed by atoms with E-state index in [1.807, 2.05) is 29.2 Å². The van der Waals surface area contributed by atoms with E-state index in [4.69, 9.17) is 33.0 Å². The van der Waals surface area contributed by atoms with Gasteiger partial charge >= 0.3 is 0 Å². The number of thioether (sulfide) groups is 1.